The molecule has 0 saturated heterocycles. The van der Waals surface area contributed by atoms with Crippen LogP contribution in [-0.2, 0) is 11.2 Å². The molecule has 0 radical (unpaired) electrons. The van der Waals surface area contributed by atoms with Gasteiger partial charge < -0.3 is 15.0 Å². The second-order valence-electron chi connectivity index (χ2n) is 6.05. The Balaban J connectivity index is 1.65. The van der Waals surface area contributed by atoms with Gasteiger partial charge >= 0.3 is 0 Å². The molecule has 1 aromatic heterocycles. The summed E-state index contributed by atoms with van der Waals surface area (Å²) < 4.78 is 5.14. The van der Waals surface area contributed by atoms with Crippen molar-refractivity contribution in [3.05, 3.63) is 70.5 Å². The topological polar surface area (TPSA) is 84.1 Å². The average molecular weight is 395 g/mol. The van der Waals surface area contributed by atoms with Crippen molar-refractivity contribution in [1.82, 2.24) is 9.97 Å². The second-order valence-corrected chi connectivity index (χ2v) is 7.02. The zero-order chi connectivity index (χ0) is 19.9. The molecule has 3 aromatic rings. The molecule has 144 valence electrons. The minimum absolute atomic E-state index is 0.143. The summed E-state index contributed by atoms with van der Waals surface area (Å²) in [5, 5.41) is 3.24. The summed E-state index contributed by atoms with van der Waals surface area (Å²) in [4.78, 5) is 31.3. The van der Waals surface area contributed by atoms with Gasteiger partial charge in [-0.15, -0.1) is 0 Å². The Morgan fingerprint density at radius 2 is 1.86 bits per heavy atom. The zero-order valence-corrected chi connectivity index (χ0v) is 16.5. The van der Waals surface area contributed by atoms with Gasteiger partial charge in [0.05, 0.1) is 18.6 Å². The summed E-state index contributed by atoms with van der Waals surface area (Å²) in [5.74, 6) is 0.712. The SMILES string of the molecule is CCc1ccc(NC(=O)CSc2nc(-c3ccc(OC)cc3)cc(=O)[nH]2)cc1. The van der Waals surface area contributed by atoms with E-state index in [1.807, 2.05) is 48.5 Å². The third-order valence-electron chi connectivity index (χ3n) is 4.09. The summed E-state index contributed by atoms with van der Waals surface area (Å²) in [7, 11) is 1.60. The highest BCUT2D eigenvalue weighted by Crippen LogP contribution is 2.22. The number of hydrogen-bond donors (Lipinski definition) is 2. The van der Waals surface area contributed by atoms with Gasteiger partial charge in [0, 0.05) is 17.3 Å². The minimum atomic E-state index is -0.265. The largest absolute Gasteiger partial charge is 0.497 e. The van der Waals surface area contributed by atoms with Gasteiger partial charge in [-0.1, -0.05) is 30.8 Å². The number of thioether (sulfide) groups is 1. The first-order valence-corrected chi connectivity index (χ1v) is 9.83. The number of carbonyl (C=O) groups is 1. The molecule has 0 fully saturated rings. The number of ether oxygens (including phenoxy) is 1. The van der Waals surface area contributed by atoms with Crippen molar-refractivity contribution < 1.29 is 9.53 Å². The lowest BCUT2D eigenvalue weighted by molar-refractivity contribution is -0.113. The monoisotopic (exact) mass is 395 g/mol. The molecule has 3 rings (SSSR count). The fraction of sp³-hybridized carbons (Fsp3) is 0.190. The van der Waals surface area contributed by atoms with E-state index in [1.54, 1.807) is 7.11 Å². The van der Waals surface area contributed by atoms with Crippen LogP contribution < -0.4 is 15.6 Å². The van der Waals surface area contributed by atoms with Gasteiger partial charge in [0.15, 0.2) is 5.16 Å². The summed E-state index contributed by atoms with van der Waals surface area (Å²) in [6, 6.07) is 16.5. The number of nitrogens with one attached hydrogen (secondary N) is 2. The number of benzene rings is 2. The predicted octanol–water partition coefficient (Wildman–Crippen LogP) is 3.74. The Morgan fingerprint density at radius 3 is 2.50 bits per heavy atom. The summed E-state index contributed by atoms with van der Waals surface area (Å²) in [6.45, 7) is 2.08. The highest BCUT2D eigenvalue weighted by molar-refractivity contribution is 7.99. The molecular formula is C21H21N3O3S. The maximum absolute atomic E-state index is 12.2. The van der Waals surface area contributed by atoms with Crippen LogP contribution in [0.4, 0.5) is 5.69 Å². The first kappa shape index (κ1) is 19.7. The molecule has 1 heterocycles. The van der Waals surface area contributed by atoms with Gasteiger partial charge in [-0.25, -0.2) is 4.98 Å². The van der Waals surface area contributed by atoms with E-state index < -0.39 is 0 Å². The van der Waals surface area contributed by atoms with Crippen molar-refractivity contribution in [3.8, 4) is 17.0 Å². The summed E-state index contributed by atoms with van der Waals surface area (Å²) in [5.41, 5.74) is 3.04. The molecule has 0 aliphatic heterocycles. The third kappa shape index (κ3) is 5.23. The first-order valence-electron chi connectivity index (χ1n) is 8.84. The van der Waals surface area contributed by atoms with Gasteiger partial charge in [0.1, 0.15) is 5.75 Å². The molecule has 0 spiro atoms. The number of aromatic nitrogens is 2. The molecule has 0 saturated carbocycles. The number of hydrogen-bond acceptors (Lipinski definition) is 5. The Labute approximate surface area is 167 Å². The van der Waals surface area contributed by atoms with Crippen molar-refractivity contribution >= 4 is 23.4 Å². The average Bonchev–Trinajstić information content (AvgIpc) is 2.72. The number of rotatable bonds is 7. The van der Waals surface area contributed by atoms with E-state index in [9.17, 15) is 9.59 Å². The fourth-order valence-electron chi connectivity index (χ4n) is 2.57. The van der Waals surface area contributed by atoms with Crippen molar-refractivity contribution in [2.24, 2.45) is 0 Å². The Hall–Kier alpha value is -3.06. The molecule has 7 heteroatoms. The van der Waals surface area contributed by atoms with Gasteiger partial charge in [-0.3, -0.25) is 9.59 Å². The molecule has 2 aromatic carbocycles. The van der Waals surface area contributed by atoms with E-state index in [2.05, 4.69) is 22.2 Å². The third-order valence-corrected chi connectivity index (χ3v) is 4.96. The van der Waals surface area contributed by atoms with E-state index in [4.69, 9.17) is 4.74 Å². The number of H-pyrrole nitrogens is 1. The number of aromatic amines is 1. The van der Waals surface area contributed by atoms with Crippen LogP contribution in [0.3, 0.4) is 0 Å². The lowest BCUT2D eigenvalue weighted by Gasteiger charge is -2.07. The van der Waals surface area contributed by atoms with Crippen LogP contribution in [0.25, 0.3) is 11.3 Å². The molecule has 1 amide bonds. The van der Waals surface area contributed by atoms with E-state index >= 15 is 0 Å². The first-order chi connectivity index (χ1) is 13.6. The van der Waals surface area contributed by atoms with Gasteiger partial charge in [0.25, 0.3) is 5.56 Å². The predicted molar refractivity (Wildman–Crippen MR) is 112 cm³/mol. The molecule has 28 heavy (non-hydrogen) atoms. The van der Waals surface area contributed by atoms with Crippen molar-refractivity contribution in [2.45, 2.75) is 18.5 Å². The van der Waals surface area contributed by atoms with Crippen molar-refractivity contribution in [1.29, 1.82) is 0 Å². The van der Waals surface area contributed by atoms with Crippen molar-refractivity contribution in [3.63, 3.8) is 0 Å². The molecule has 0 bridgehead atoms. The van der Waals surface area contributed by atoms with Gasteiger partial charge in [-0.2, -0.15) is 0 Å². The van der Waals surface area contributed by atoms with Crippen LogP contribution in [0.1, 0.15) is 12.5 Å². The second kappa shape index (κ2) is 9.23. The summed E-state index contributed by atoms with van der Waals surface area (Å²) in [6.07, 6.45) is 0.952. The van der Waals surface area contributed by atoms with E-state index in [1.165, 1.54) is 23.4 Å². The number of carbonyl (C=O) groups excluding carboxylic acids is 1. The van der Waals surface area contributed by atoms with Crippen LogP contribution in [-0.4, -0.2) is 28.7 Å². The van der Waals surface area contributed by atoms with Crippen LogP contribution in [0, 0.1) is 0 Å². The van der Waals surface area contributed by atoms with Gasteiger partial charge in [-0.05, 0) is 48.4 Å². The normalized spacial score (nSPS) is 10.5. The minimum Gasteiger partial charge on any atom is -0.497 e. The number of anilines is 1. The molecule has 0 unspecified atom stereocenters. The Kier molecular flexibility index (Phi) is 6.49. The molecule has 6 nitrogen and oxygen atoms in total. The smallest absolute Gasteiger partial charge is 0.252 e. The quantitative estimate of drug-likeness (QED) is 0.470. The summed E-state index contributed by atoms with van der Waals surface area (Å²) >= 11 is 1.18. The maximum atomic E-state index is 12.2. The van der Waals surface area contributed by atoms with Crippen LogP contribution in [0.15, 0.2) is 64.5 Å². The lowest BCUT2D eigenvalue weighted by Crippen LogP contribution is -2.15. The number of aryl methyl sites for hydroxylation is 1. The molecule has 0 aliphatic rings. The van der Waals surface area contributed by atoms with Crippen LogP contribution >= 0.6 is 11.8 Å². The maximum Gasteiger partial charge on any atom is 0.252 e. The lowest BCUT2D eigenvalue weighted by atomic mass is 10.1. The number of amides is 1. The van der Waals surface area contributed by atoms with Crippen molar-refractivity contribution in [2.75, 3.05) is 18.2 Å². The highest BCUT2D eigenvalue weighted by Gasteiger charge is 2.08. The van der Waals surface area contributed by atoms with E-state index in [-0.39, 0.29) is 17.2 Å². The standard InChI is InChI=1S/C21H21N3O3S/c1-3-14-4-8-16(9-5-14)22-20(26)13-28-21-23-18(12-19(25)24-21)15-6-10-17(27-2)11-7-15/h4-12H,3,13H2,1-2H3,(H,22,26)(H,23,24,25). The molecule has 2 N–H and O–H groups in total. The molecule has 0 aliphatic carbocycles. The van der Waals surface area contributed by atoms with Crippen LogP contribution in [0.5, 0.6) is 5.75 Å². The fourth-order valence-corrected chi connectivity index (χ4v) is 3.24. The zero-order valence-electron chi connectivity index (χ0n) is 15.7. The van der Waals surface area contributed by atoms with E-state index in [0.717, 1.165) is 23.4 Å². The van der Waals surface area contributed by atoms with E-state index in [0.29, 0.717) is 10.9 Å². The van der Waals surface area contributed by atoms with Gasteiger partial charge in [0.2, 0.25) is 5.91 Å². The molecule has 0 atom stereocenters. The van der Waals surface area contributed by atoms with Crippen LogP contribution in [0.2, 0.25) is 0 Å². The number of nitrogens with zero attached hydrogens (tertiary/aromatic N) is 1. The molecular weight excluding hydrogens is 374 g/mol. The highest BCUT2D eigenvalue weighted by atomic mass is 32.2. The number of methoxy groups -OCH3 is 1. The Bertz CT molecular complexity index is 999. The Morgan fingerprint density at radius 1 is 1.14 bits per heavy atom.